The minimum atomic E-state index is -1.14. The van der Waals surface area contributed by atoms with Crippen LogP contribution in [-0.4, -0.2) is 35.3 Å². The van der Waals surface area contributed by atoms with Gasteiger partial charge >= 0.3 is 6.03 Å². The van der Waals surface area contributed by atoms with Gasteiger partial charge in [-0.05, 0) is 43.2 Å². The van der Waals surface area contributed by atoms with E-state index < -0.39 is 11.6 Å². The smallest absolute Gasteiger partial charge is 0.325 e. The summed E-state index contributed by atoms with van der Waals surface area (Å²) in [5.74, 6) is -0.231. The third-order valence-corrected chi connectivity index (χ3v) is 6.10. The first-order valence-corrected chi connectivity index (χ1v) is 10.4. The molecule has 1 saturated carbocycles. The van der Waals surface area contributed by atoms with E-state index in [-0.39, 0.29) is 24.4 Å². The van der Waals surface area contributed by atoms with Crippen molar-refractivity contribution in [3.8, 4) is 0 Å². The second-order valence-electron chi connectivity index (χ2n) is 8.33. The van der Waals surface area contributed by atoms with Crippen molar-refractivity contribution in [2.24, 2.45) is 5.92 Å². The van der Waals surface area contributed by atoms with E-state index in [9.17, 15) is 14.4 Å². The molecule has 0 radical (unpaired) electrons. The largest absolute Gasteiger partial charge is 0.352 e. The molecule has 152 valence electrons. The third-order valence-electron chi connectivity index (χ3n) is 6.10. The Hall–Kier alpha value is -2.37. The molecule has 2 N–H and O–H groups in total. The first-order chi connectivity index (χ1) is 13.3. The molecule has 2 fully saturated rings. The summed E-state index contributed by atoms with van der Waals surface area (Å²) in [5.41, 5.74) is 0.791. The molecule has 1 aromatic carbocycles. The van der Waals surface area contributed by atoms with E-state index in [0.29, 0.717) is 5.92 Å². The predicted molar refractivity (Wildman–Crippen MR) is 108 cm³/mol. The number of imide groups is 1. The quantitative estimate of drug-likeness (QED) is 0.739. The minimum Gasteiger partial charge on any atom is -0.352 e. The van der Waals surface area contributed by atoms with Gasteiger partial charge in [-0.25, -0.2) is 4.79 Å². The summed E-state index contributed by atoms with van der Waals surface area (Å²) in [6.45, 7) is 5.71. The summed E-state index contributed by atoms with van der Waals surface area (Å²) in [6, 6.07) is 7.36. The van der Waals surface area contributed by atoms with Gasteiger partial charge in [0.2, 0.25) is 5.91 Å². The van der Waals surface area contributed by atoms with Gasteiger partial charge < -0.3 is 10.6 Å². The number of amides is 4. The third kappa shape index (κ3) is 4.05. The number of rotatable bonds is 6. The second kappa shape index (κ2) is 8.33. The SMILES string of the molecule is CCCc1ccc([C@]2(C)NC(=O)N(CC(=O)N[C@H]3CCCC[C@@H]3C)C2=O)cc1. The van der Waals surface area contributed by atoms with Gasteiger partial charge in [0.1, 0.15) is 12.1 Å². The lowest BCUT2D eigenvalue weighted by Crippen LogP contribution is -2.47. The standard InChI is InChI=1S/C22H31N3O3/c1-4-7-16-10-12-17(13-11-16)22(3)20(27)25(21(28)24-22)14-19(26)23-18-9-6-5-8-15(18)2/h10-13,15,18H,4-9,14H2,1-3H3,(H,23,26)(H,24,28)/t15-,18-,22-/m0/s1. The molecule has 6 heteroatoms. The molecular formula is C22H31N3O3. The van der Waals surface area contributed by atoms with Crippen LogP contribution in [0.15, 0.2) is 24.3 Å². The van der Waals surface area contributed by atoms with Crippen molar-refractivity contribution in [1.29, 1.82) is 0 Å². The van der Waals surface area contributed by atoms with Crippen molar-refractivity contribution in [3.63, 3.8) is 0 Å². The van der Waals surface area contributed by atoms with Crippen molar-refractivity contribution in [3.05, 3.63) is 35.4 Å². The zero-order chi connectivity index (χ0) is 20.3. The molecule has 3 rings (SSSR count). The lowest BCUT2D eigenvalue weighted by Gasteiger charge is -2.30. The molecule has 1 aliphatic carbocycles. The Balaban J connectivity index is 1.67. The van der Waals surface area contributed by atoms with Crippen LogP contribution in [0, 0.1) is 5.92 Å². The molecule has 28 heavy (non-hydrogen) atoms. The summed E-state index contributed by atoms with van der Waals surface area (Å²) in [4.78, 5) is 39.0. The highest BCUT2D eigenvalue weighted by Gasteiger charge is 2.49. The van der Waals surface area contributed by atoms with Gasteiger partial charge in [-0.3, -0.25) is 14.5 Å². The summed E-state index contributed by atoms with van der Waals surface area (Å²) >= 11 is 0. The summed E-state index contributed by atoms with van der Waals surface area (Å²) in [6.07, 6.45) is 6.37. The van der Waals surface area contributed by atoms with Crippen LogP contribution < -0.4 is 10.6 Å². The predicted octanol–water partition coefficient (Wildman–Crippen LogP) is 3.10. The number of nitrogens with zero attached hydrogens (tertiary/aromatic N) is 1. The Labute approximate surface area is 167 Å². The molecule has 0 aromatic heterocycles. The number of hydrogen-bond acceptors (Lipinski definition) is 3. The van der Waals surface area contributed by atoms with Crippen LogP contribution in [0.1, 0.15) is 64.0 Å². The highest BCUT2D eigenvalue weighted by molar-refractivity contribution is 6.09. The van der Waals surface area contributed by atoms with Crippen LogP contribution in [0.5, 0.6) is 0 Å². The molecule has 0 spiro atoms. The first kappa shape index (κ1) is 20.4. The maximum atomic E-state index is 13.0. The lowest BCUT2D eigenvalue weighted by molar-refractivity contribution is -0.135. The van der Waals surface area contributed by atoms with Crippen LogP contribution in [0.25, 0.3) is 0 Å². The Bertz CT molecular complexity index is 746. The van der Waals surface area contributed by atoms with E-state index in [0.717, 1.165) is 42.6 Å². The molecule has 0 unspecified atom stereocenters. The van der Waals surface area contributed by atoms with E-state index in [4.69, 9.17) is 0 Å². The number of carbonyl (C=O) groups excluding carboxylic acids is 3. The maximum Gasteiger partial charge on any atom is 0.325 e. The minimum absolute atomic E-state index is 0.125. The maximum absolute atomic E-state index is 13.0. The van der Waals surface area contributed by atoms with E-state index in [1.165, 1.54) is 12.0 Å². The Kier molecular flexibility index (Phi) is 6.06. The summed E-state index contributed by atoms with van der Waals surface area (Å²) in [5, 5.41) is 5.79. The zero-order valence-corrected chi connectivity index (χ0v) is 17.1. The van der Waals surface area contributed by atoms with Crippen molar-refractivity contribution in [2.75, 3.05) is 6.54 Å². The number of benzene rings is 1. The molecule has 3 atom stereocenters. The molecule has 2 aliphatic rings. The molecule has 6 nitrogen and oxygen atoms in total. The topological polar surface area (TPSA) is 78.5 Å². The van der Waals surface area contributed by atoms with E-state index in [2.05, 4.69) is 24.5 Å². The van der Waals surface area contributed by atoms with Crippen molar-refractivity contribution in [1.82, 2.24) is 15.5 Å². The molecule has 1 saturated heterocycles. The fraction of sp³-hybridized carbons (Fsp3) is 0.591. The highest BCUT2D eigenvalue weighted by atomic mass is 16.2. The average Bonchev–Trinajstić information content (AvgIpc) is 2.88. The highest BCUT2D eigenvalue weighted by Crippen LogP contribution is 2.29. The van der Waals surface area contributed by atoms with E-state index in [1.807, 2.05) is 24.3 Å². The van der Waals surface area contributed by atoms with Crippen LogP contribution in [-0.2, 0) is 21.5 Å². The van der Waals surface area contributed by atoms with Gasteiger partial charge in [-0.15, -0.1) is 0 Å². The molecule has 4 amide bonds. The average molecular weight is 386 g/mol. The Morgan fingerprint density at radius 1 is 1.21 bits per heavy atom. The van der Waals surface area contributed by atoms with Crippen molar-refractivity contribution < 1.29 is 14.4 Å². The second-order valence-corrected chi connectivity index (χ2v) is 8.33. The molecule has 1 aromatic rings. The monoisotopic (exact) mass is 385 g/mol. The fourth-order valence-corrected chi connectivity index (χ4v) is 4.26. The van der Waals surface area contributed by atoms with Gasteiger partial charge in [-0.1, -0.05) is 57.4 Å². The van der Waals surface area contributed by atoms with Gasteiger partial charge in [0.15, 0.2) is 0 Å². The van der Waals surface area contributed by atoms with Crippen LogP contribution in [0.4, 0.5) is 4.79 Å². The number of carbonyl (C=O) groups is 3. The molecular weight excluding hydrogens is 354 g/mol. The molecule has 1 aliphatic heterocycles. The molecule has 1 heterocycles. The summed E-state index contributed by atoms with van der Waals surface area (Å²) in [7, 11) is 0. The Morgan fingerprint density at radius 3 is 2.54 bits per heavy atom. The van der Waals surface area contributed by atoms with Crippen molar-refractivity contribution in [2.45, 2.75) is 70.9 Å². The van der Waals surface area contributed by atoms with Crippen molar-refractivity contribution >= 4 is 17.8 Å². The lowest BCUT2D eigenvalue weighted by atomic mass is 9.86. The number of hydrogen-bond donors (Lipinski definition) is 2. The Morgan fingerprint density at radius 2 is 1.89 bits per heavy atom. The van der Waals surface area contributed by atoms with E-state index in [1.54, 1.807) is 6.92 Å². The zero-order valence-electron chi connectivity index (χ0n) is 17.1. The summed E-state index contributed by atoms with van der Waals surface area (Å²) < 4.78 is 0. The normalized spacial score (nSPS) is 27.6. The van der Waals surface area contributed by atoms with Crippen LogP contribution in [0.3, 0.4) is 0 Å². The van der Waals surface area contributed by atoms with Gasteiger partial charge in [0, 0.05) is 6.04 Å². The number of nitrogens with one attached hydrogen (secondary N) is 2. The van der Waals surface area contributed by atoms with Crippen LogP contribution >= 0.6 is 0 Å². The molecule has 0 bridgehead atoms. The number of urea groups is 1. The fourth-order valence-electron chi connectivity index (χ4n) is 4.26. The number of aryl methyl sites for hydroxylation is 1. The first-order valence-electron chi connectivity index (χ1n) is 10.4. The van der Waals surface area contributed by atoms with E-state index >= 15 is 0 Å². The van der Waals surface area contributed by atoms with Gasteiger partial charge in [0.05, 0.1) is 0 Å². The van der Waals surface area contributed by atoms with Gasteiger partial charge in [-0.2, -0.15) is 0 Å². The van der Waals surface area contributed by atoms with Crippen LogP contribution in [0.2, 0.25) is 0 Å². The van der Waals surface area contributed by atoms with Gasteiger partial charge in [0.25, 0.3) is 5.91 Å².